The highest BCUT2D eigenvalue weighted by Crippen LogP contribution is 2.28. The Labute approximate surface area is 166 Å². The lowest BCUT2D eigenvalue weighted by Gasteiger charge is -2.37. The van der Waals surface area contributed by atoms with E-state index < -0.39 is 6.10 Å². The number of aryl methyl sites for hydroxylation is 1. The Balaban J connectivity index is 1.46. The molecular formula is C21H27ClN2O3. The molecule has 0 aliphatic carbocycles. The lowest BCUT2D eigenvalue weighted by atomic mass is 10.2. The monoisotopic (exact) mass is 390 g/mol. The van der Waals surface area contributed by atoms with Gasteiger partial charge < -0.3 is 19.5 Å². The highest BCUT2D eigenvalue weighted by Gasteiger charge is 2.21. The fourth-order valence-electron chi connectivity index (χ4n) is 3.37. The third-order valence-electron chi connectivity index (χ3n) is 4.84. The van der Waals surface area contributed by atoms with E-state index in [0.29, 0.717) is 11.6 Å². The SMILES string of the molecule is COc1ccccc1N1CCN(CC(O)COc2ccc(Cl)cc2C)CC1. The van der Waals surface area contributed by atoms with Crippen LogP contribution in [0.4, 0.5) is 5.69 Å². The summed E-state index contributed by atoms with van der Waals surface area (Å²) in [5.74, 6) is 1.66. The van der Waals surface area contributed by atoms with Gasteiger partial charge in [0.2, 0.25) is 0 Å². The number of anilines is 1. The normalized spacial score (nSPS) is 16.2. The molecule has 6 heteroatoms. The van der Waals surface area contributed by atoms with Gasteiger partial charge in [-0.05, 0) is 42.8 Å². The third kappa shape index (κ3) is 5.28. The van der Waals surface area contributed by atoms with Gasteiger partial charge in [-0.2, -0.15) is 0 Å². The molecule has 146 valence electrons. The summed E-state index contributed by atoms with van der Waals surface area (Å²) in [6, 6.07) is 13.6. The molecule has 1 unspecified atom stereocenters. The first-order valence-corrected chi connectivity index (χ1v) is 9.62. The molecule has 1 aliphatic heterocycles. The fraction of sp³-hybridized carbons (Fsp3) is 0.429. The van der Waals surface area contributed by atoms with Gasteiger partial charge in [0.1, 0.15) is 24.2 Å². The van der Waals surface area contributed by atoms with Crippen molar-refractivity contribution in [3.05, 3.63) is 53.1 Å². The molecule has 1 fully saturated rings. The number of para-hydroxylation sites is 2. The molecule has 2 aromatic carbocycles. The van der Waals surface area contributed by atoms with E-state index in [4.69, 9.17) is 21.1 Å². The summed E-state index contributed by atoms with van der Waals surface area (Å²) in [5.41, 5.74) is 2.10. The number of rotatable bonds is 7. The molecular weight excluding hydrogens is 364 g/mol. The van der Waals surface area contributed by atoms with Crippen LogP contribution in [0.25, 0.3) is 0 Å². The van der Waals surface area contributed by atoms with Gasteiger partial charge in [-0.15, -0.1) is 0 Å². The number of methoxy groups -OCH3 is 1. The van der Waals surface area contributed by atoms with Crippen LogP contribution >= 0.6 is 11.6 Å². The van der Waals surface area contributed by atoms with E-state index in [1.165, 1.54) is 0 Å². The van der Waals surface area contributed by atoms with Gasteiger partial charge >= 0.3 is 0 Å². The van der Waals surface area contributed by atoms with Crippen LogP contribution in [0.3, 0.4) is 0 Å². The summed E-state index contributed by atoms with van der Waals surface area (Å²) < 4.78 is 11.2. The second kappa shape index (κ2) is 9.31. The Hall–Kier alpha value is -1.95. The first kappa shape index (κ1) is 19.8. The van der Waals surface area contributed by atoms with Crippen LogP contribution in [0.1, 0.15) is 5.56 Å². The Morgan fingerprint density at radius 3 is 2.52 bits per heavy atom. The van der Waals surface area contributed by atoms with Crippen molar-refractivity contribution in [1.29, 1.82) is 0 Å². The zero-order valence-corrected chi connectivity index (χ0v) is 16.7. The topological polar surface area (TPSA) is 45.2 Å². The molecule has 0 amide bonds. The average molecular weight is 391 g/mol. The molecule has 1 aliphatic rings. The molecule has 0 saturated carbocycles. The fourth-order valence-corrected chi connectivity index (χ4v) is 3.60. The lowest BCUT2D eigenvalue weighted by molar-refractivity contribution is 0.0660. The first-order valence-electron chi connectivity index (χ1n) is 9.24. The van der Waals surface area contributed by atoms with Gasteiger partial charge in [0.15, 0.2) is 0 Å². The van der Waals surface area contributed by atoms with Crippen molar-refractivity contribution in [2.24, 2.45) is 0 Å². The molecule has 2 aromatic rings. The zero-order valence-electron chi connectivity index (χ0n) is 15.9. The molecule has 1 saturated heterocycles. The molecule has 3 rings (SSSR count). The minimum absolute atomic E-state index is 0.273. The van der Waals surface area contributed by atoms with Crippen LogP contribution in [0.5, 0.6) is 11.5 Å². The number of aliphatic hydroxyl groups excluding tert-OH is 1. The Bertz CT molecular complexity index is 748. The van der Waals surface area contributed by atoms with Crippen molar-refractivity contribution in [1.82, 2.24) is 4.90 Å². The quantitative estimate of drug-likeness (QED) is 0.786. The van der Waals surface area contributed by atoms with E-state index in [1.807, 2.05) is 37.3 Å². The van der Waals surface area contributed by atoms with Crippen molar-refractivity contribution >= 4 is 17.3 Å². The number of benzene rings is 2. The van der Waals surface area contributed by atoms with E-state index in [1.54, 1.807) is 13.2 Å². The van der Waals surface area contributed by atoms with Crippen molar-refractivity contribution in [2.75, 3.05) is 51.3 Å². The highest BCUT2D eigenvalue weighted by atomic mass is 35.5. The number of β-amino-alcohol motifs (C(OH)–C–C–N with tert-alkyl or cyclic N) is 1. The summed E-state index contributed by atoms with van der Waals surface area (Å²) in [7, 11) is 1.70. The molecule has 1 atom stereocenters. The highest BCUT2D eigenvalue weighted by molar-refractivity contribution is 6.30. The molecule has 27 heavy (non-hydrogen) atoms. The van der Waals surface area contributed by atoms with Crippen LogP contribution < -0.4 is 14.4 Å². The van der Waals surface area contributed by atoms with Gasteiger partial charge in [-0.25, -0.2) is 0 Å². The van der Waals surface area contributed by atoms with Crippen LogP contribution in [0, 0.1) is 6.92 Å². The van der Waals surface area contributed by atoms with Gasteiger partial charge in [-0.3, -0.25) is 4.90 Å². The van der Waals surface area contributed by atoms with Crippen LogP contribution in [-0.2, 0) is 0 Å². The molecule has 0 radical (unpaired) electrons. The molecule has 5 nitrogen and oxygen atoms in total. The van der Waals surface area contributed by atoms with Gasteiger partial charge in [0, 0.05) is 37.7 Å². The number of hydrogen-bond acceptors (Lipinski definition) is 5. The number of ether oxygens (including phenoxy) is 2. The molecule has 1 heterocycles. The van der Waals surface area contributed by atoms with E-state index in [0.717, 1.165) is 48.9 Å². The van der Waals surface area contributed by atoms with E-state index in [-0.39, 0.29) is 6.61 Å². The molecule has 0 aromatic heterocycles. The first-order chi connectivity index (χ1) is 13.1. The number of aliphatic hydroxyl groups is 1. The predicted octanol–water partition coefficient (Wildman–Crippen LogP) is 3.22. The summed E-state index contributed by atoms with van der Waals surface area (Å²) in [4.78, 5) is 4.60. The Morgan fingerprint density at radius 2 is 1.81 bits per heavy atom. The number of piperazine rings is 1. The van der Waals surface area contributed by atoms with Crippen LogP contribution in [-0.4, -0.2) is 62.6 Å². The van der Waals surface area contributed by atoms with Gasteiger partial charge in [0.25, 0.3) is 0 Å². The zero-order chi connectivity index (χ0) is 19.2. The summed E-state index contributed by atoms with van der Waals surface area (Å²) >= 11 is 5.96. The van der Waals surface area contributed by atoms with Crippen LogP contribution in [0.15, 0.2) is 42.5 Å². The van der Waals surface area contributed by atoms with Crippen molar-refractivity contribution in [2.45, 2.75) is 13.0 Å². The average Bonchev–Trinajstić information content (AvgIpc) is 2.68. The maximum absolute atomic E-state index is 10.3. The van der Waals surface area contributed by atoms with Crippen molar-refractivity contribution < 1.29 is 14.6 Å². The van der Waals surface area contributed by atoms with E-state index in [2.05, 4.69) is 15.9 Å². The second-order valence-corrected chi connectivity index (χ2v) is 7.27. The predicted molar refractivity (Wildman–Crippen MR) is 109 cm³/mol. The molecule has 0 bridgehead atoms. The summed E-state index contributed by atoms with van der Waals surface area (Å²) in [5, 5.41) is 11.0. The Kier molecular flexibility index (Phi) is 6.83. The molecule has 1 N–H and O–H groups in total. The standard InChI is InChI=1S/C21H27ClN2O3/c1-16-13-17(22)7-8-20(16)27-15-18(25)14-23-9-11-24(12-10-23)19-5-3-4-6-21(19)26-2/h3-8,13,18,25H,9-12,14-15H2,1-2H3. The second-order valence-electron chi connectivity index (χ2n) is 6.83. The minimum atomic E-state index is -0.530. The van der Waals surface area contributed by atoms with E-state index >= 15 is 0 Å². The van der Waals surface area contributed by atoms with Gasteiger partial charge in [0.05, 0.1) is 12.8 Å². The minimum Gasteiger partial charge on any atom is -0.495 e. The number of nitrogens with zero attached hydrogens (tertiary/aromatic N) is 2. The van der Waals surface area contributed by atoms with Gasteiger partial charge in [-0.1, -0.05) is 23.7 Å². The lowest BCUT2D eigenvalue weighted by Crippen LogP contribution is -2.49. The smallest absolute Gasteiger partial charge is 0.142 e. The van der Waals surface area contributed by atoms with Crippen molar-refractivity contribution in [3.8, 4) is 11.5 Å². The number of halogens is 1. The van der Waals surface area contributed by atoms with Crippen molar-refractivity contribution in [3.63, 3.8) is 0 Å². The maximum atomic E-state index is 10.3. The maximum Gasteiger partial charge on any atom is 0.142 e. The summed E-state index contributed by atoms with van der Waals surface area (Å²) in [6.45, 7) is 6.44. The third-order valence-corrected chi connectivity index (χ3v) is 5.07. The summed E-state index contributed by atoms with van der Waals surface area (Å²) in [6.07, 6.45) is -0.530. The van der Waals surface area contributed by atoms with E-state index in [9.17, 15) is 5.11 Å². The van der Waals surface area contributed by atoms with Crippen LogP contribution in [0.2, 0.25) is 5.02 Å². The largest absolute Gasteiger partial charge is 0.495 e. The number of hydrogen-bond donors (Lipinski definition) is 1. The molecule has 0 spiro atoms. The Morgan fingerprint density at radius 1 is 1.07 bits per heavy atom.